The van der Waals surface area contributed by atoms with Crippen molar-refractivity contribution in [2.75, 3.05) is 20.2 Å². The minimum atomic E-state index is -0.0825. The Morgan fingerprint density at radius 3 is 2.48 bits per heavy atom. The third-order valence-electron chi connectivity index (χ3n) is 4.82. The van der Waals surface area contributed by atoms with Crippen LogP contribution in [-0.2, 0) is 4.79 Å². The number of likely N-dealkylation sites (tertiary alicyclic amines) is 1. The van der Waals surface area contributed by atoms with Crippen LogP contribution in [0, 0.1) is 5.92 Å². The second-order valence-electron chi connectivity index (χ2n) is 7.28. The number of benzene rings is 1. The molecule has 0 unspecified atom stereocenters. The fourth-order valence-electron chi connectivity index (χ4n) is 3.30. The first kappa shape index (κ1) is 18.0. The van der Waals surface area contributed by atoms with E-state index in [1.54, 1.807) is 7.11 Å². The van der Waals surface area contributed by atoms with Gasteiger partial charge in [-0.1, -0.05) is 12.1 Å². The summed E-state index contributed by atoms with van der Waals surface area (Å²) in [6.07, 6.45) is 2.20. The van der Waals surface area contributed by atoms with Gasteiger partial charge in [0.25, 0.3) is 0 Å². The number of nitrogens with zero attached hydrogens (tertiary/aromatic N) is 1. The van der Waals surface area contributed by atoms with Gasteiger partial charge in [0.05, 0.1) is 13.0 Å². The molecule has 2 fully saturated rings. The Hall–Kier alpha value is -1.82. The molecular weight excluding hydrogens is 334 g/mol. The smallest absolute Gasteiger partial charge is 0.225 e. The van der Waals surface area contributed by atoms with Gasteiger partial charge in [0.15, 0.2) is 5.11 Å². The Morgan fingerprint density at radius 2 is 1.92 bits per heavy atom. The molecule has 1 heterocycles. The van der Waals surface area contributed by atoms with E-state index in [-0.39, 0.29) is 23.8 Å². The van der Waals surface area contributed by atoms with Crippen molar-refractivity contribution in [2.45, 2.75) is 44.7 Å². The van der Waals surface area contributed by atoms with E-state index >= 15 is 0 Å². The van der Waals surface area contributed by atoms with E-state index in [4.69, 9.17) is 17.0 Å². The topological polar surface area (TPSA) is 53.6 Å². The predicted molar refractivity (Wildman–Crippen MR) is 103 cm³/mol. The van der Waals surface area contributed by atoms with Crippen LogP contribution in [0.5, 0.6) is 5.75 Å². The molecule has 1 saturated heterocycles. The Bertz CT molecular complexity index is 628. The molecular formula is C19H27N3O2S. The number of methoxy groups -OCH3 is 1. The number of carbonyl (C=O) groups is 1. The van der Waals surface area contributed by atoms with Gasteiger partial charge >= 0.3 is 0 Å². The summed E-state index contributed by atoms with van der Waals surface area (Å²) in [5, 5.41) is 7.19. The maximum atomic E-state index is 12.8. The SMILES string of the molecule is COc1ccc([C@@H]2CN(C(=S)NC(C)C)C[C@@H]2C(=O)NC2CC2)cc1. The average molecular weight is 362 g/mol. The maximum absolute atomic E-state index is 12.8. The summed E-state index contributed by atoms with van der Waals surface area (Å²) in [6.45, 7) is 5.56. The molecule has 1 aromatic carbocycles. The maximum Gasteiger partial charge on any atom is 0.225 e. The Kier molecular flexibility index (Phi) is 5.47. The Balaban J connectivity index is 1.77. The van der Waals surface area contributed by atoms with Gasteiger partial charge in [-0.3, -0.25) is 4.79 Å². The van der Waals surface area contributed by atoms with Gasteiger partial charge in [0, 0.05) is 31.1 Å². The molecule has 0 radical (unpaired) electrons. The number of rotatable bonds is 5. The van der Waals surface area contributed by atoms with E-state index in [0.29, 0.717) is 12.6 Å². The number of ether oxygens (including phenoxy) is 1. The Morgan fingerprint density at radius 1 is 1.24 bits per heavy atom. The lowest BCUT2D eigenvalue weighted by Crippen LogP contribution is -2.42. The molecule has 0 aromatic heterocycles. The lowest BCUT2D eigenvalue weighted by Gasteiger charge is -2.22. The van der Waals surface area contributed by atoms with Gasteiger partial charge in [-0.25, -0.2) is 0 Å². The average Bonchev–Trinajstić information content (AvgIpc) is 3.28. The molecule has 2 aliphatic rings. The van der Waals surface area contributed by atoms with E-state index in [1.165, 1.54) is 0 Å². The molecule has 1 aliphatic heterocycles. The lowest BCUT2D eigenvalue weighted by atomic mass is 9.88. The minimum absolute atomic E-state index is 0.0825. The van der Waals surface area contributed by atoms with Crippen molar-refractivity contribution in [3.05, 3.63) is 29.8 Å². The van der Waals surface area contributed by atoms with Crippen LogP contribution in [0.3, 0.4) is 0 Å². The summed E-state index contributed by atoms with van der Waals surface area (Å²) in [5.74, 6) is 1.03. The molecule has 1 aromatic rings. The van der Waals surface area contributed by atoms with Crippen molar-refractivity contribution in [3.8, 4) is 5.75 Å². The van der Waals surface area contributed by atoms with Crippen LogP contribution in [0.2, 0.25) is 0 Å². The quantitative estimate of drug-likeness (QED) is 0.788. The highest BCUT2D eigenvalue weighted by atomic mass is 32.1. The fraction of sp³-hybridized carbons (Fsp3) is 0.579. The summed E-state index contributed by atoms with van der Waals surface area (Å²) in [4.78, 5) is 14.9. The zero-order valence-corrected chi connectivity index (χ0v) is 15.9. The summed E-state index contributed by atoms with van der Waals surface area (Å²) < 4.78 is 5.25. The van der Waals surface area contributed by atoms with Crippen LogP contribution in [0.25, 0.3) is 0 Å². The molecule has 5 nitrogen and oxygen atoms in total. The second kappa shape index (κ2) is 7.60. The first-order valence-electron chi connectivity index (χ1n) is 8.97. The van der Waals surface area contributed by atoms with Crippen LogP contribution in [-0.4, -0.2) is 48.2 Å². The van der Waals surface area contributed by atoms with Gasteiger partial charge in [-0.05, 0) is 56.6 Å². The first-order chi connectivity index (χ1) is 12.0. The van der Waals surface area contributed by atoms with Crippen LogP contribution in [0.4, 0.5) is 0 Å². The number of hydrogen-bond donors (Lipinski definition) is 2. The fourth-order valence-corrected chi connectivity index (χ4v) is 3.68. The van der Waals surface area contributed by atoms with Crippen LogP contribution >= 0.6 is 12.2 Å². The Labute approximate surface area is 155 Å². The van der Waals surface area contributed by atoms with Gasteiger partial charge in [-0.2, -0.15) is 0 Å². The van der Waals surface area contributed by atoms with Crippen molar-refractivity contribution in [1.29, 1.82) is 0 Å². The first-order valence-corrected chi connectivity index (χ1v) is 9.38. The monoisotopic (exact) mass is 361 g/mol. The molecule has 25 heavy (non-hydrogen) atoms. The zero-order valence-electron chi connectivity index (χ0n) is 15.1. The summed E-state index contributed by atoms with van der Waals surface area (Å²) in [5.41, 5.74) is 1.16. The van der Waals surface area contributed by atoms with E-state index in [2.05, 4.69) is 41.5 Å². The van der Waals surface area contributed by atoms with Crippen LogP contribution < -0.4 is 15.4 Å². The van der Waals surface area contributed by atoms with Crippen molar-refractivity contribution >= 4 is 23.2 Å². The van der Waals surface area contributed by atoms with Crippen LogP contribution in [0.1, 0.15) is 38.2 Å². The molecule has 3 rings (SSSR count). The molecule has 2 atom stereocenters. The summed E-state index contributed by atoms with van der Waals surface area (Å²) in [7, 11) is 1.66. The van der Waals surface area contributed by atoms with E-state index in [9.17, 15) is 4.79 Å². The van der Waals surface area contributed by atoms with Gasteiger partial charge in [0.1, 0.15) is 5.75 Å². The van der Waals surface area contributed by atoms with Crippen molar-refractivity contribution in [1.82, 2.24) is 15.5 Å². The van der Waals surface area contributed by atoms with Crippen LogP contribution in [0.15, 0.2) is 24.3 Å². The predicted octanol–water partition coefficient (Wildman–Crippen LogP) is 2.27. The largest absolute Gasteiger partial charge is 0.497 e. The van der Waals surface area contributed by atoms with Crippen molar-refractivity contribution in [3.63, 3.8) is 0 Å². The summed E-state index contributed by atoms with van der Waals surface area (Å²) >= 11 is 5.54. The molecule has 0 spiro atoms. The molecule has 2 N–H and O–H groups in total. The highest BCUT2D eigenvalue weighted by Gasteiger charge is 2.40. The molecule has 1 saturated carbocycles. The zero-order chi connectivity index (χ0) is 18.0. The highest BCUT2D eigenvalue weighted by molar-refractivity contribution is 7.80. The van der Waals surface area contributed by atoms with E-state index in [1.807, 2.05) is 12.1 Å². The van der Waals surface area contributed by atoms with Crippen molar-refractivity contribution in [2.24, 2.45) is 5.92 Å². The second-order valence-corrected chi connectivity index (χ2v) is 7.66. The number of carbonyl (C=O) groups excluding carboxylic acids is 1. The molecule has 6 heteroatoms. The van der Waals surface area contributed by atoms with Crippen molar-refractivity contribution < 1.29 is 9.53 Å². The summed E-state index contributed by atoms with van der Waals surface area (Å²) in [6, 6.07) is 8.69. The molecule has 136 valence electrons. The normalized spacial score (nSPS) is 22.8. The minimum Gasteiger partial charge on any atom is -0.497 e. The van der Waals surface area contributed by atoms with Gasteiger partial charge in [-0.15, -0.1) is 0 Å². The van der Waals surface area contributed by atoms with Gasteiger partial charge in [0.2, 0.25) is 5.91 Å². The molecule has 1 aliphatic carbocycles. The van der Waals surface area contributed by atoms with E-state index < -0.39 is 0 Å². The third kappa shape index (κ3) is 4.42. The van der Waals surface area contributed by atoms with Gasteiger partial charge < -0.3 is 20.3 Å². The number of thiocarbonyl (C=S) groups is 1. The van der Waals surface area contributed by atoms with E-state index in [0.717, 1.165) is 35.8 Å². The molecule has 0 bridgehead atoms. The number of hydrogen-bond acceptors (Lipinski definition) is 3. The standard InChI is InChI=1S/C19H27N3O2S/c1-12(2)20-19(25)22-10-16(13-4-8-15(24-3)9-5-13)17(11-22)18(23)21-14-6-7-14/h4-5,8-9,12,14,16-17H,6-7,10-11H2,1-3H3,(H,20,25)(H,21,23)/t16-,17-/m0/s1. The lowest BCUT2D eigenvalue weighted by molar-refractivity contribution is -0.125. The number of nitrogens with one attached hydrogen (secondary N) is 2. The third-order valence-corrected chi connectivity index (χ3v) is 5.20. The molecule has 1 amide bonds. The number of amides is 1. The highest BCUT2D eigenvalue weighted by Crippen LogP contribution is 2.34.